The molecule has 2 aromatic heterocycles. The van der Waals surface area contributed by atoms with Gasteiger partial charge in [-0.05, 0) is 32.0 Å². The van der Waals surface area contributed by atoms with E-state index in [1.165, 1.54) is 11.8 Å². The Balaban J connectivity index is 1.76. The number of benzene rings is 1. The van der Waals surface area contributed by atoms with E-state index in [0.717, 1.165) is 33.3 Å². The van der Waals surface area contributed by atoms with E-state index < -0.39 is 0 Å². The number of hydrogen-bond donors (Lipinski definition) is 1. The maximum absolute atomic E-state index is 12.4. The molecule has 3 rings (SSSR count). The molecular formula is C18H22ClN5O2S. The Morgan fingerprint density at radius 3 is 2.81 bits per heavy atom. The molecule has 2 heterocycles. The van der Waals surface area contributed by atoms with Gasteiger partial charge in [0.25, 0.3) is 0 Å². The van der Waals surface area contributed by atoms with Gasteiger partial charge in [0.05, 0.1) is 40.5 Å². The van der Waals surface area contributed by atoms with E-state index in [1.54, 1.807) is 11.8 Å². The molecule has 0 aliphatic rings. The summed E-state index contributed by atoms with van der Waals surface area (Å²) in [5, 5.41) is 8.67. The molecule has 0 unspecified atom stereocenters. The first-order valence-electron chi connectivity index (χ1n) is 8.48. The molecule has 0 aliphatic heterocycles. The van der Waals surface area contributed by atoms with Crippen LogP contribution in [-0.2, 0) is 23.1 Å². The van der Waals surface area contributed by atoms with Crippen LogP contribution < -0.4 is 5.32 Å². The van der Waals surface area contributed by atoms with Crippen molar-refractivity contribution in [1.82, 2.24) is 19.3 Å². The highest BCUT2D eigenvalue weighted by Crippen LogP contribution is 2.27. The van der Waals surface area contributed by atoms with Crippen molar-refractivity contribution < 1.29 is 9.53 Å². The van der Waals surface area contributed by atoms with Crippen LogP contribution in [0.4, 0.5) is 5.69 Å². The molecule has 27 heavy (non-hydrogen) atoms. The number of ether oxygens (including phenoxy) is 1. The lowest BCUT2D eigenvalue weighted by Gasteiger charge is -2.09. The predicted molar refractivity (Wildman–Crippen MR) is 109 cm³/mol. The smallest absolute Gasteiger partial charge is 0.234 e. The molecule has 0 saturated carbocycles. The van der Waals surface area contributed by atoms with E-state index >= 15 is 0 Å². The molecule has 0 saturated heterocycles. The van der Waals surface area contributed by atoms with Crippen molar-refractivity contribution in [2.24, 2.45) is 7.05 Å². The summed E-state index contributed by atoms with van der Waals surface area (Å²) in [4.78, 5) is 17.1. The molecule has 0 atom stereocenters. The van der Waals surface area contributed by atoms with Crippen molar-refractivity contribution in [2.45, 2.75) is 25.5 Å². The van der Waals surface area contributed by atoms with Crippen LogP contribution in [0.15, 0.2) is 23.4 Å². The van der Waals surface area contributed by atoms with Crippen LogP contribution in [0.3, 0.4) is 0 Å². The molecule has 1 N–H and O–H groups in total. The van der Waals surface area contributed by atoms with Gasteiger partial charge in [0.15, 0.2) is 5.16 Å². The van der Waals surface area contributed by atoms with Gasteiger partial charge in [-0.3, -0.25) is 9.48 Å². The van der Waals surface area contributed by atoms with Crippen molar-refractivity contribution in [2.75, 3.05) is 24.8 Å². The number of nitrogens with zero attached hydrogens (tertiary/aromatic N) is 4. The maximum Gasteiger partial charge on any atom is 0.234 e. The summed E-state index contributed by atoms with van der Waals surface area (Å²) < 4.78 is 9.01. The third-order valence-corrected chi connectivity index (χ3v) is 5.51. The van der Waals surface area contributed by atoms with Crippen LogP contribution in [0.2, 0.25) is 5.02 Å². The zero-order valence-corrected chi connectivity index (χ0v) is 17.3. The molecule has 3 aromatic rings. The van der Waals surface area contributed by atoms with Gasteiger partial charge in [-0.15, -0.1) is 0 Å². The van der Waals surface area contributed by atoms with Crippen LogP contribution in [0, 0.1) is 13.8 Å². The summed E-state index contributed by atoms with van der Waals surface area (Å²) in [6.07, 6.45) is 0. The number of halogens is 1. The van der Waals surface area contributed by atoms with Crippen molar-refractivity contribution in [3.05, 3.63) is 34.6 Å². The molecule has 0 spiro atoms. The van der Waals surface area contributed by atoms with Crippen LogP contribution in [0.25, 0.3) is 11.0 Å². The van der Waals surface area contributed by atoms with Crippen molar-refractivity contribution >= 4 is 46.0 Å². The highest BCUT2D eigenvalue weighted by atomic mass is 35.5. The van der Waals surface area contributed by atoms with Crippen LogP contribution in [0.5, 0.6) is 0 Å². The molecule has 0 aliphatic carbocycles. The Morgan fingerprint density at radius 1 is 1.37 bits per heavy atom. The number of aryl methyl sites for hydroxylation is 2. The zero-order valence-electron chi connectivity index (χ0n) is 15.7. The number of methoxy groups -OCH3 is 1. The fraction of sp³-hybridized carbons (Fsp3) is 0.389. The molecule has 0 radical (unpaired) electrons. The number of hydrogen-bond acceptors (Lipinski definition) is 5. The Labute approximate surface area is 167 Å². The summed E-state index contributed by atoms with van der Waals surface area (Å²) in [5.41, 5.74) is 4.27. The summed E-state index contributed by atoms with van der Waals surface area (Å²) in [6.45, 7) is 5.02. The maximum atomic E-state index is 12.4. The van der Waals surface area contributed by atoms with Crippen LogP contribution in [-0.4, -0.2) is 44.7 Å². The van der Waals surface area contributed by atoms with Gasteiger partial charge >= 0.3 is 0 Å². The average molecular weight is 408 g/mol. The summed E-state index contributed by atoms with van der Waals surface area (Å²) >= 11 is 7.47. The van der Waals surface area contributed by atoms with Gasteiger partial charge in [0.2, 0.25) is 5.91 Å². The minimum absolute atomic E-state index is 0.0948. The first-order valence-corrected chi connectivity index (χ1v) is 9.84. The Bertz CT molecular complexity index is 982. The Kier molecular flexibility index (Phi) is 6.08. The molecular weight excluding hydrogens is 386 g/mol. The second-order valence-corrected chi connectivity index (χ2v) is 7.56. The van der Waals surface area contributed by atoms with Gasteiger partial charge in [-0.25, -0.2) is 4.98 Å². The first-order chi connectivity index (χ1) is 12.9. The van der Waals surface area contributed by atoms with Gasteiger partial charge in [0, 0.05) is 25.7 Å². The monoisotopic (exact) mass is 407 g/mol. The SMILES string of the molecule is COCCn1c(SCC(=O)Nc2c(C)nn(C)c2C)nc2cc(Cl)ccc21. The van der Waals surface area contributed by atoms with E-state index in [1.807, 2.05) is 43.7 Å². The van der Waals surface area contributed by atoms with Crippen LogP contribution >= 0.6 is 23.4 Å². The Morgan fingerprint density at radius 2 is 2.15 bits per heavy atom. The molecule has 0 bridgehead atoms. The number of thioether (sulfide) groups is 1. The van der Waals surface area contributed by atoms with Gasteiger partial charge in [-0.2, -0.15) is 5.10 Å². The number of anilines is 1. The lowest BCUT2D eigenvalue weighted by molar-refractivity contribution is -0.113. The largest absolute Gasteiger partial charge is 0.383 e. The predicted octanol–water partition coefficient (Wildman–Crippen LogP) is 3.42. The number of aromatic nitrogens is 4. The summed E-state index contributed by atoms with van der Waals surface area (Å²) in [5.74, 6) is 0.153. The van der Waals surface area contributed by atoms with Gasteiger partial charge < -0.3 is 14.6 Å². The highest BCUT2D eigenvalue weighted by molar-refractivity contribution is 7.99. The van der Waals surface area contributed by atoms with Crippen molar-refractivity contribution in [1.29, 1.82) is 0 Å². The van der Waals surface area contributed by atoms with Gasteiger partial charge in [0.1, 0.15) is 0 Å². The molecule has 0 fully saturated rings. The molecule has 1 amide bonds. The number of imidazole rings is 1. The van der Waals surface area contributed by atoms with E-state index in [0.29, 0.717) is 18.2 Å². The van der Waals surface area contributed by atoms with Crippen molar-refractivity contribution in [3.8, 4) is 0 Å². The topological polar surface area (TPSA) is 74.0 Å². The van der Waals surface area contributed by atoms with E-state index in [4.69, 9.17) is 16.3 Å². The third kappa shape index (κ3) is 4.28. The van der Waals surface area contributed by atoms with Crippen molar-refractivity contribution in [3.63, 3.8) is 0 Å². The normalized spacial score (nSPS) is 11.3. The summed E-state index contributed by atoms with van der Waals surface area (Å²) in [6, 6.07) is 5.60. The number of nitrogens with one attached hydrogen (secondary N) is 1. The number of amides is 1. The number of rotatable bonds is 7. The highest BCUT2D eigenvalue weighted by Gasteiger charge is 2.16. The van der Waals surface area contributed by atoms with E-state index in [2.05, 4.69) is 15.4 Å². The quantitative estimate of drug-likeness (QED) is 0.607. The molecule has 144 valence electrons. The van der Waals surface area contributed by atoms with Crippen LogP contribution in [0.1, 0.15) is 11.4 Å². The number of carbonyl (C=O) groups is 1. The second-order valence-electron chi connectivity index (χ2n) is 6.18. The standard InChI is InChI=1S/C18H22ClN5O2S/c1-11-17(12(2)23(3)22-11)21-16(25)10-27-18-20-14-9-13(19)5-6-15(14)24(18)7-8-26-4/h5-6,9H,7-8,10H2,1-4H3,(H,21,25). The lowest BCUT2D eigenvalue weighted by atomic mass is 10.3. The zero-order chi connectivity index (χ0) is 19.6. The molecule has 7 nitrogen and oxygen atoms in total. The molecule has 1 aromatic carbocycles. The second kappa shape index (κ2) is 8.33. The van der Waals surface area contributed by atoms with E-state index in [-0.39, 0.29) is 11.7 Å². The first kappa shape index (κ1) is 19.7. The fourth-order valence-electron chi connectivity index (χ4n) is 2.85. The minimum atomic E-state index is -0.0948. The fourth-order valence-corrected chi connectivity index (χ4v) is 3.86. The molecule has 9 heteroatoms. The van der Waals surface area contributed by atoms with Gasteiger partial charge in [-0.1, -0.05) is 23.4 Å². The Hall–Kier alpha value is -2.03. The van der Waals surface area contributed by atoms with E-state index in [9.17, 15) is 4.79 Å². The summed E-state index contributed by atoms with van der Waals surface area (Å²) in [7, 11) is 3.52. The minimum Gasteiger partial charge on any atom is -0.383 e. The number of fused-ring (bicyclic) bond motifs is 1. The lowest BCUT2D eigenvalue weighted by Crippen LogP contribution is -2.16. The number of carbonyl (C=O) groups excluding carboxylic acids is 1. The average Bonchev–Trinajstić information content (AvgIpc) is 3.09. The third-order valence-electron chi connectivity index (χ3n) is 4.30.